The number of esters is 1. The molecule has 1 amide bonds. The molecule has 0 saturated heterocycles. The minimum atomic E-state index is -3.92. The van der Waals surface area contributed by atoms with Crippen molar-refractivity contribution in [2.45, 2.75) is 4.90 Å². The van der Waals surface area contributed by atoms with Crippen molar-refractivity contribution >= 4 is 56.6 Å². The van der Waals surface area contributed by atoms with Gasteiger partial charge in [0.05, 0.1) is 26.2 Å². The maximum absolute atomic E-state index is 12.9. The standard InChI is InChI=1S/C21H17Cl2N3O5S/c1-26(16-7-3-2-4-8-16)32(29,30)17-9-5-6-14(10-17)21(28)31-13-19(27)25-20-18(23)11-15(22)12-24-20/h2-12H,13H2,1H3,(H,24,25,27). The van der Waals surface area contributed by atoms with Gasteiger partial charge in [0, 0.05) is 13.2 Å². The Bertz CT molecular complexity index is 1250. The number of nitrogens with one attached hydrogen (secondary N) is 1. The van der Waals surface area contributed by atoms with E-state index in [1.54, 1.807) is 30.3 Å². The van der Waals surface area contributed by atoms with E-state index in [9.17, 15) is 18.0 Å². The number of carbonyl (C=O) groups is 2. The molecule has 11 heteroatoms. The van der Waals surface area contributed by atoms with E-state index in [2.05, 4.69) is 10.3 Å². The van der Waals surface area contributed by atoms with Gasteiger partial charge in [0.25, 0.3) is 15.9 Å². The summed E-state index contributed by atoms with van der Waals surface area (Å²) in [4.78, 5) is 28.2. The van der Waals surface area contributed by atoms with Gasteiger partial charge in [-0.05, 0) is 36.4 Å². The number of rotatable bonds is 7. The number of halogens is 2. The quantitative estimate of drug-likeness (QED) is 0.498. The first kappa shape index (κ1) is 23.5. The number of aromatic nitrogens is 1. The van der Waals surface area contributed by atoms with Gasteiger partial charge in [0.2, 0.25) is 0 Å². The molecular weight excluding hydrogens is 477 g/mol. The molecule has 0 bridgehead atoms. The number of hydrogen-bond donors (Lipinski definition) is 1. The summed E-state index contributed by atoms with van der Waals surface area (Å²) in [6, 6.07) is 15.3. The zero-order valence-corrected chi connectivity index (χ0v) is 19.0. The third-order valence-corrected chi connectivity index (χ3v) is 6.52. The first-order valence-corrected chi connectivity index (χ1v) is 11.3. The number of benzene rings is 2. The average Bonchev–Trinajstić information content (AvgIpc) is 2.79. The van der Waals surface area contributed by atoms with Gasteiger partial charge in [-0.3, -0.25) is 9.10 Å². The molecule has 2 aromatic carbocycles. The van der Waals surface area contributed by atoms with Crippen LogP contribution in [0.3, 0.4) is 0 Å². The van der Waals surface area contributed by atoms with E-state index in [4.69, 9.17) is 27.9 Å². The zero-order valence-electron chi connectivity index (χ0n) is 16.7. The van der Waals surface area contributed by atoms with Crippen LogP contribution in [0, 0.1) is 0 Å². The summed E-state index contributed by atoms with van der Waals surface area (Å²) in [5.41, 5.74) is 0.439. The smallest absolute Gasteiger partial charge is 0.338 e. The Morgan fingerprint density at radius 1 is 1.06 bits per heavy atom. The first-order valence-electron chi connectivity index (χ1n) is 9.10. The van der Waals surface area contributed by atoms with Crippen molar-refractivity contribution in [1.29, 1.82) is 0 Å². The third-order valence-electron chi connectivity index (χ3n) is 4.25. The number of sulfonamides is 1. The molecule has 0 fully saturated rings. The Kier molecular flexibility index (Phi) is 7.34. The molecule has 32 heavy (non-hydrogen) atoms. The van der Waals surface area contributed by atoms with Crippen LogP contribution in [0.2, 0.25) is 10.0 Å². The second-order valence-electron chi connectivity index (χ2n) is 6.44. The molecule has 1 aromatic heterocycles. The third kappa shape index (κ3) is 5.56. The number of ether oxygens (including phenoxy) is 1. The first-order chi connectivity index (χ1) is 15.2. The summed E-state index contributed by atoms with van der Waals surface area (Å²) in [5, 5.41) is 2.81. The molecule has 8 nitrogen and oxygen atoms in total. The van der Waals surface area contributed by atoms with Crippen LogP contribution in [0.4, 0.5) is 11.5 Å². The van der Waals surface area contributed by atoms with Crippen LogP contribution in [0.15, 0.2) is 71.8 Å². The average molecular weight is 494 g/mol. The van der Waals surface area contributed by atoms with E-state index in [1.807, 2.05) is 0 Å². The minimum absolute atomic E-state index is 0.0250. The van der Waals surface area contributed by atoms with Crippen LogP contribution >= 0.6 is 23.2 Å². The number of para-hydroxylation sites is 1. The Hall–Kier alpha value is -3.14. The molecule has 1 heterocycles. The lowest BCUT2D eigenvalue weighted by Gasteiger charge is -2.19. The van der Waals surface area contributed by atoms with E-state index in [0.717, 1.165) is 4.31 Å². The molecule has 1 N–H and O–H groups in total. The summed E-state index contributed by atoms with van der Waals surface area (Å²) >= 11 is 11.7. The summed E-state index contributed by atoms with van der Waals surface area (Å²) in [7, 11) is -2.50. The van der Waals surface area contributed by atoms with Gasteiger partial charge in [-0.15, -0.1) is 0 Å². The van der Waals surface area contributed by atoms with Crippen LogP contribution in [0.5, 0.6) is 0 Å². The highest BCUT2D eigenvalue weighted by Crippen LogP contribution is 2.23. The van der Waals surface area contributed by atoms with Crippen molar-refractivity contribution in [2.75, 3.05) is 23.3 Å². The van der Waals surface area contributed by atoms with Gasteiger partial charge < -0.3 is 10.1 Å². The number of anilines is 2. The predicted molar refractivity (Wildman–Crippen MR) is 122 cm³/mol. The molecule has 3 aromatic rings. The van der Waals surface area contributed by atoms with Gasteiger partial charge in [-0.2, -0.15) is 0 Å². The maximum Gasteiger partial charge on any atom is 0.338 e. The van der Waals surface area contributed by atoms with Crippen molar-refractivity contribution in [3.8, 4) is 0 Å². The fraction of sp³-hybridized carbons (Fsp3) is 0.0952. The van der Waals surface area contributed by atoms with E-state index in [1.165, 1.54) is 43.6 Å². The Morgan fingerprint density at radius 2 is 1.78 bits per heavy atom. The molecule has 0 saturated carbocycles. The summed E-state index contributed by atoms with van der Waals surface area (Å²) in [6.45, 7) is -0.625. The van der Waals surface area contributed by atoms with Crippen molar-refractivity contribution in [2.24, 2.45) is 0 Å². The van der Waals surface area contributed by atoms with Crippen molar-refractivity contribution < 1.29 is 22.7 Å². The molecular formula is C21H17Cl2N3O5S. The number of carbonyl (C=O) groups excluding carboxylic acids is 2. The molecule has 0 radical (unpaired) electrons. The number of pyridine rings is 1. The van der Waals surface area contributed by atoms with Crippen LogP contribution in [-0.2, 0) is 19.6 Å². The Morgan fingerprint density at radius 3 is 2.47 bits per heavy atom. The Labute approximate surface area is 194 Å². The largest absolute Gasteiger partial charge is 0.452 e. The predicted octanol–water partition coefficient (Wildman–Crippen LogP) is 4.01. The van der Waals surface area contributed by atoms with Gasteiger partial charge in [0.15, 0.2) is 12.4 Å². The van der Waals surface area contributed by atoms with Gasteiger partial charge in [0.1, 0.15) is 0 Å². The summed E-state index contributed by atoms with van der Waals surface area (Å²) < 4.78 is 31.9. The van der Waals surface area contributed by atoms with Crippen LogP contribution < -0.4 is 9.62 Å². The molecule has 0 atom stereocenters. The normalized spacial score (nSPS) is 11.0. The lowest BCUT2D eigenvalue weighted by Crippen LogP contribution is -2.26. The fourth-order valence-electron chi connectivity index (χ4n) is 2.61. The minimum Gasteiger partial charge on any atom is -0.452 e. The zero-order chi connectivity index (χ0) is 23.3. The number of nitrogens with zero attached hydrogens (tertiary/aromatic N) is 2. The highest BCUT2D eigenvalue weighted by molar-refractivity contribution is 7.92. The Balaban J connectivity index is 1.68. The van der Waals surface area contributed by atoms with E-state index < -0.39 is 28.5 Å². The summed E-state index contributed by atoms with van der Waals surface area (Å²) in [5.74, 6) is -1.48. The topological polar surface area (TPSA) is 106 Å². The van der Waals surface area contributed by atoms with E-state index in [-0.39, 0.29) is 21.3 Å². The summed E-state index contributed by atoms with van der Waals surface area (Å²) in [6.07, 6.45) is 1.30. The SMILES string of the molecule is CN(c1ccccc1)S(=O)(=O)c1cccc(C(=O)OCC(=O)Nc2ncc(Cl)cc2Cl)c1. The molecule has 0 aliphatic rings. The second kappa shape index (κ2) is 9.99. The van der Waals surface area contributed by atoms with Gasteiger partial charge in [-0.1, -0.05) is 47.5 Å². The van der Waals surface area contributed by atoms with Gasteiger partial charge >= 0.3 is 5.97 Å². The van der Waals surface area contributed by atoms with Crippen LogP contribution in [0.25, 0.3) is 0 Å². The molecule has 0 spiro atoms. The molecule has 3 rings (SSSR count). The number of amides is 1. The lowest BCUT2D eigenvalue weighted by atomic mass is 10.2. The molecule has 0 unspecified atom stereocenters. The molecule has 0 aliphatic heterocycles. The van der Waals surface area contributed by atoms with Gasteiger partial charge in [-0.25, -0.2) is 18.2 Å². The van der Waals surface area contributed by atoms with Crippen LogP contribution in [0.1, 0.15) is 10.4 Å². The van der Waals surface area contributed by atoms with Crippen molar-refractivity contribution in [3.05, 3.63) is 82.5 Å². The number of hydrogen-bond acceptors (Lipinski definition) is 6. The van der Waals surface area contributed by atoms with Crippen molar-refractivity contribution in [1.82, 2.24) is 4.98 Å². The highest BCUT2D eigenvalue weighted by atomic mass is 35.5. The van der Waals surface area contributed by atoms with Crippen molar-refractivity contribution in [3.63, 3.8) is 0 Å². The molecule has 0 aliphatic carbocycles. The second-order valence-corrected chi connectivity index (χ2v) is 9.26. The monoisotopic (exact) mass is 493 g/mol. The van der Waals surface area contributed by atoms with Crippen LogP contribution in [-0.4, -0.2) is 38.9 Å². The molecule has 166 valence electrons. The fourth-order valence-corrected chi connectivity index (χ4v) is 4.28. The highest BCUT2D eigenvalue weighted by Gasteiger charge is 2.23. The maximum atomic E-state index is 12.9. The lowest BCUT2D eigenvalue weighted by molar-refractivity contribution is -0.119. The van der Waals surface area contributed by atoms with E-state index in [0.29, 0.717) is 10.7 Å². The van der Waals surface area contributed by atoms with E-state index >= 15 is 0 Å².